The molecule has 94 valence electrons. The summed E-state index contributed by atoms with van der Waals surface area (Å²) in [7, 11) is 0. The molecule has 0 atom stereocenters. The second kappa shape index (κ2) is 6.39. The van der Waals surface area contributed by atoms with Crippen molar-refractivity contribution in [1.29, 1.82) is 0 Å². The highest BCUT2D eigenvalue weighted by Gasteiger charge is 2.08. The second-order valence-electron chi connectivity index (χ2n) is 3.41. The summed E-state index contributed by atoms with van der Waals surface area (Å²) in [5.41, 5.74) is 6.77. The van der Waals surface area contributed by atoms with Gasteiger partial charge < -0.3 is 10.5 Å². The fourth-order valence-electron chi connectivity index (χ4n) is 1.17. The van der Waals surface area contributed by atoms with E-state index in [-0.39, 0.29) is 17.5 Å². The lowest BCUT2D eigenvalue weighted by molar-refractivity contribution is 0.0822. The number of rotatable bonds is 5. The van der Waals surface area contributed by atoms with E-state index in [9.17, 15) is 8.78 Å². The van der Waals surface area contributed by atoms with E-state index in [1.54, 1.807) is 18.2 Å². The Balaban J connectivity index is 2.95. The molecular formula is C11H13ClF2N2O. The largest absolute Gasteiger partial charge is 0.485 e. The number of hydrogen-bond acceptors (Lipinski definition) is 2. The topological polar surface area (TPSA) is 47.6 Å². The van der Waals surface area contributed by atoms with Gasteiger partial charge in [0.1, 0.15) is 23.9 Å². The van der Waals surface area contributed by atoms with Crippen molar-refractivity contribution in [2.45, 2.75) is 13.3 Å². The number of halogens is 3. The van der Waals surface area contributed by atoms with Gasteiger partial charge in [-0.05, 0) is 24.6 Å². The van der Waals surface area contributed by atoms with Gasteiger partial charge in [-0.1, -0.05) is 6.07 Å². The highest BCUT2D eigenvalue weighted by molar-refractivity contribution is 6.28. The van der Waals surface area contributed by atoms with Crippen molar-refractivity contribution in [2.75, 3.05) is 12.5 Å². The molecular weight excluding hydrogens is 250 g/mol. The predicted octanol–water partition coefficient (Wildman–Crippen LogP) is 2.87. The van der Waals surface area contributed by atoms with Crippen molar-refractivity contribution >= 4 is 23.1 Å². The smallest absolute Gasteiger partial charge is 0.272 e. The number of amidine groups is 1. The van der Waals surface area contributed by atoms with Gasteiger partial charge in [0.05, 0.1) is 5.88 Å². The first kappa shape index (κ1) is 13.7. The number of hydrogen-bond donors (Lipinski definition) is 1. The van der Waals surface area contributed by atoms with Gasteiger partial charge in [-0.15, -0.1) is 11.6 Å². The van der Waals surface area contributed by atoms with Crippen LogP contribution >= 0.6 is 11.6 Å². The van der Waals surface area contributed by atoms with Crippen LogP contribution in [0.3, 0.4) is 0 Å². The first-order valence-corrected chi connectivity index (χ1v) is 5.47. The summed E-state index contributed by atoms with van der Waals surface area (Å²) in [5, 5.41) is 0. The Kier molecular flexibility index (Phi) is 5.15. The molecule has 1 aromatic carbocycles. The third-order valence-electron chi connectivity index (χ3n) is 1.88. The SMILES string of the molecule is Cc1ccc(N=C(N)CCl)c(OCC(F)F)c1. The Bertz CT molecular complexity index is 410. The number of nitrogens with two attached hydrogens (primary N) is 1. The van der Waals surface area contributed by atoms with Gasteiger partial charge in [0.15, 0.2) is 0 Å². The maximum absolute atomic E-state index is 12.1. The molecule has 0 aliphatic carbocycles. The Morgan fingerprint density at radius 3 is 2.82 bits per heavy atom. The third-order valence-corrected chi connectivity index (χ3v) is 2.15. The number of nitrogens with zero attached hydrogens (tertiary/aromatic N) is 1. The van der Waals surface area contributed by atoms with Gasteiger partial charge in [-0.25, -0.2) is 13.8 Å². The van der Waals surface area contributed by atoms with E-state index >= 15 is 0 Å². The van der Waals surface area contributed by atoms with E-state index in [1.165, 1.54) is 0 Å². The monoisotopic (exact) mass is 262 g/mol. The van der Waals surface area contributed by atoms with Crippen LogP contribution in [-0.4, -0.2) is 24.7 Å². The van der Waals surface area contributed by atoms with Crippen LogP contribution in [0.1, 0.15) is 5.56 Å². The van der Waals surface area contributed by atoms with E-state index in [0.717, 1.165) is 5.56 Å². The molecule has 1 aromatic rings. The molecule has 1 rings (SSSR count). The van der Waals surface area contributed by atoms with Crippen LogP contribution in [0.4, 0.5) is 14.5 Å². The number of aryl methyl sites for hydroxylation is 1. The molecule has 0 amide bonds. The molecule has 0 radical (unpaired) electrons. The summed E-state index contributed by atoms with van der Waals surface area (Å²) < 4.78 is 29.1. The zero-order valence-corrected chi connectivity index (χ0v) is 10.0. The van der Waals surface area contributed by atoms with Crippen molar-refractivity contribution in [3.8, 4) is 5.75 Å². The minimum atomic E-state index is -2.53. The van der Waals surface area contributed by atoms with Crippen LogP contribution in [0.15, 0.2) is 23.2 Å². The Labute approximate surface area is 103 Å². The Morgan fingerprint density at radius 1 is 1.53 bits per heavy atom. The van der Waals surface area contributed by atoms with Crippen LogP contribution < -0.4 is 10.5 Å². The minimum absolute atomic E-state index is 0.0716. The predicted molar refractivity (Wildman–Crippen MR) is 64.7 cm³/mol. The molecule has 0 bridgehead atoms. The van der Waals surface area contributed by atoms with Gasteiger partial charge in [0, 0.05) is 0 Å². The molecule has 0 aliphatic heterocycles. The Morgan fingerprint density at radius 2 is 2.24 bits per heavy atom. The molecule has 0 aliphatic rings. The number of aliphatic imine (C=N–C) groups is 1. The normalized spacial score (nSPS) is 11.9. The van der Waals surface area contributed by atoms with Crippen LogP contribution in [0, 0.1) is 6.92 Å². The highest BCUT2D eigenvalue weighted by atomic mass is 35.5. The molecule has 0 saturated carbocycles. The third kappa shape index (κ3) is 4.56. The van der Waals surface area contributed by atoms with Crippen LogP contribution in [0.2, 0.25) is 0 Å². The fraction of sp³-hybridized carbons (Fsp3) is 0.364. The Hall–Kier alpha value is -1.36. The molecule has 6 heteroatoms. The van der Waals surface area contributed by atoms with E-state index in [2.05, 4.69) is 4.99 Å². The summed E-state index contributed by atoms with van der Waals surface area (Å²) in [6, 6.07) is 5.06. The highest BCUT2D eigenvalue weighted by Crippen LogP contribution is 2.29. The van der Waals surface area contributed by atoms with Gasteiger partial charge in [-0.2, -0.15) is 0 Å². The molecule has 0 saturated heterocycles. The zero-order chi connectivity index (χ0) is 12.8. The van der Waals surface area contributed by atoms with E-state index < -0.39 is 13.0 Å². The molecule has 2 N–H and O–H groups in total. The molecule has 0 heterocycles. The standard InChI is InChI=1S/C11H13ClF2N2O/c1-7-2-3-8(16-11(15)5-12)9(4-7)17-6-10(13)14/h2-4,10H,5-6H2,1H3,(H2,15,16). The van der Waals surface area contributed by atoms with Gasteiger partial charge in [0.2, 0.25) is 0 Å². The molecule has 0 fully saturated rings. The lowest BCUT2D eigenvalue weighted by Crippen LogP contribution is -2.12. The summed E-state index contributed by atoms with van der Waals surface area (Å²) in [6.45, 7) is 1.15. The molecule has 0 spiro atoms. The lowest BCUT2D eigenvalue weighted by Gasteiger charge is -2.09. The maximum atomic E-state index is 12.1. The molecule has 3 nitrogen and oxygen atoms in total. The first-order valence-electron chi connectivity index (χ1n) is 4.93. The van der Waals surface area contributed by atoms with Crippen LogP contribution in [0.5, 0.6) is 5.75 Å². The molecule has 0 unspecified atom stereocenters. The van der Waals surface area contributed by atoms with E-state index in [4.69, 9.17) is 22.1 Å². The van der Waals surface area contributed by atoms with Crippen molar-refractivity contribution in [1.82, 2.24) is 0 Å². The number of alkyl halides is 3. The summed E-state index contributed by atoms with van der Waals surface area (Å²) >= 11 is 5.50. The fourth-order valence-corrected chi connectivity index (χ4v) is 1.23. The number of ether oxygens (including phenoxy) is 1. The van der Waals surface area contributed by atoms with E-state index in [1.807, 2.05) is 6.92 Å². The summed E-state index contributed by atoms with van der Waals surface area (Å²) in [6.07, 6.45) is -2.53. The van der Waals surface area contributed by atoms with Crippen LogP contribution in [-0.2, 0) is 0 Å². The van der Waals surface area contributed by atoms with Crippen molar-refractivity contribution in [3.05, 3.63) is 23.8 Å². The van der Waals surface area contributed by atoms with Crippen molar-refractivity contribution in [2.24, 2.45) is 10.7 Å². The van der Waals surface area contributed by atoms with Crippen LogP contribution in [0.25, 0.3) is 0 Å². The quantitative estimate of drug-likeness (QED) is 0.504. The molecule has 0 aromatic heterocycles. The first-order chi connectivity index (χ1) is 8.02. The van der Waals surface area contributed by atoms with E-state index in [0.29, 0.717) is 5.69 Å². The van der Waals surface area contributed by atoms with Gasteiger partial charge >= 0.3 is 0 Å². The average molecular weight is 263 g/mol. The lowest BCUT2D eigenvalue weighted by atomic mass is 10.2. The molecule has 17 heavy (non-hydrogen) atoms. The minimum Gasteiger partial charge on any atom is -0.485 e. The number of benzene rings is 1. The maximum Gasteiger partial charge on any atom is 0.272 e. The summed E-state index contributed by atoms with van der Waals surface area (Å²) in [4.78, 5) is 3.99. The van der Waals surface area contributed by atoms with Crippen molar-refractivity contribution in [3.63, 3.8) is 0 Å². The average Bonchev–Trinajstić information content (AvgIpc) is 2.29. The van der Waals surface area contributed by atoms with Gasteiger partial charge in [0.25, 0.3) is 6.43 Å². The van der Waals surface area contributed by atoms with Crippen molar-refractivity contribution < 1.29 is 13.5 Å². The van der Waals surface area contributed by atoms with Gasteiger partial charge in [-0.3, -0.25) is 0 Å². The zero-order valence-electron chi connectivity index (χ0n) is 9.29. The summed E-state index contributed by atoms with van der Waals surface area (Å²) in [5.74, 6) is 0.554. The second-order valence-corrected chi connectivity index (χ2v) is 3.68.